The van der Waals surface area contributed by atoms with Crippen molar-refractivity contribution in [2.45, 2.75) is 119 Å². The highest BCUT2D eigenvalue weighted by atomic mass is 16.6. The lowest BCUT2D eigenvalue weighted by atomic mass is 9.84. The third-order valence-corrected chi connectivity index (χ3v) is 5.13. The molecule has 1 aliphatic carbocycles. The Morgan fingerprint density at radius 3 is 1.46 bits per heavy atom. The average molecular weight is 397 g/mol. The Balaban J connectivity index is 2.39. The third kappa shape index (κ3) is 11.7. The number of hydrogen-bond donors (Lipinski definition) is 0. The molecule has 0 saturated heterocycles. The zero-order chi connectivity index (χ0) is 21.5. The maximum Gasteiger partial charge on any atom is 0.306 e. The summed E-state index contributed by atoms with van der Waals surface area (Å²) < 4.78 is 11.4. The van der Waals surface area contributed by atoms with E-state index in [1.807, 2.05) is 0 Å². The molecule has 0 N–H and O–H groups in total. The van der Waals surface area contributed by atoms with Crippen molar-refractivity contribution in [2.24, 2.45) is 22.7 Å². The summed E-state index contributed by atoms with van der Waals surface area (Å²) in [7, 11) is 0. The summed E-state index contributed by atoms with van der Waals surface area (Å²) in [5, 5.41) is 0. The molecule has 0 amide bonds. The van der Waals surface area contributed by atoms with Gasteiger partial charge < -0.3 is 9.47 Å². The molecule has 1 rings (SSSR count). The van der Waals surface area contributed by atoms with Gasteiger partial charge in [-0.3, -0.25) is 9.59 Å². The van der Waals surface area contributed by atoms with E-state index < -0.39 is 0 Å². The van der Waals surface area contributed by atoms with Crippen LogP contribution in [0.4, 0.5) is 0 Å². The molecule has 0 bridgehead atoms. The van der Waals surface area contributed by atoms with E-state index in [4.69, 9.17) is 9.47 Å². The molecule has 0 aromatic heterocycles. The molecule has 4 heteroatoms. The predicted octanol–water partition coefficient (Wildman–Crippen LogP) is 6.31. The van der Waals surface area contributed by atoms with Crippen molar-refractivity contribution in [3.8, 4) is 0 Å². The summed E-state index contributed by atoms with van der Waals surface area (Å²) in [6, 6.07) is 0. The predicted molar refractivity (Wildman–Crippen MR) is 114 cm³/mol. The SMILES string of the molecule is CC(CC(=O)OC1CCCC(OC(=O)CC(C)CC(C)(C)C)C1)CC(C)(C)C. The summed E-state index contributed by atoms with van der Waals surface area (Å²) in [6.45, 7) is 17.4. The molecule has 4 unspecified atom stereocenters. The first-order chi connectivity index (χ1) is 12.7. The molecule has 0 heterocycles. The molecule has 1 aliphatic rings. The second-order valence-corrected chi connectivity index (χ2v) is 11.5. The summed E-state index contributed by atoms with van der Waals surface area (Å²) >= 11 is 0. The Morgan fingerprint density at radius 2 is 1.14 bits per heavy atom. The lowest BCUT2D eigenvalue weighted by Gasteiger charge is -2.30. The maximum absolute atomic E-state index is 12.3. The third-order valence-electron chi connectivity index (χ3n) is 5.13. The van der Waals surface area contributed by atoms with Gasteiger partial charge in [0.1, 0.15) is 12.2 Å². The molecule has 0 radical (unpaired) electrons. The van der Waals surface area contributed by atoms with Crippen molar-refractivity contribution in [3.05, 3.63) is 0 Å². The van der Waals surface area contributed by atoms with Crippen LogP contribution in [0, 0.1) is 22.7 Å². The van der Waals surface area contributed by atoms with Crippen molar-refractivity contribution in [3.63, 3.8) is 0 Å². The Bertz CT molecular complexity index is 454. The van der Waals surface area contributed by atoms with Crippen molar-refractivity contribution in [1.29, 1.82) is 0 Å². The fourth-order valence-corrected chi connectivity index (χ4v) is 4.59. The second-order valence-electron chi connectivity index (χ2n) is 11.5. The molecular weight excluding hydrogens is 352 g/mol. The van der Waals surface area contributed by atoms with Crippen LogP contribution >= 0.6 is 0 Å². The zero-order valence-corrected chi connectivity index (χ0v) is 19.6. The van der Waals surface area contributed by atoms with Crippen LogP contribution in [-0.2, 0) is 19.1 Å². The number of esters is 2. The summed E-state index contributed by atoms with van der Waals surface area (Å²) in [5.41, 5.74) is 0.432. The van der Waals surface area contributed by atoms with Crippen LogP contribution in [0.25, 0.3) is 0 Å². The van der Waals surface area contributed by atoms with Crippen LogP contribution in [-0.4, -0.2) is 24.1 Å². The van der Waals surface area contributed by atoms with E-state index in [1.165, 1.54) is 0 Å². The summed E-state index contributed by atoms with van der Waals surface area (Å²) in [5.74, 6) is 0.392. The van der Waals surface area contributed by atoms with Crippen LogP contribution < -0.4 is 0 Å². The Morgan fingerprint density at radius 1 is 0.786 bits per heavy atom. The minimum Gasteiger partial charge on any atom is -0.462 e. The van der Waals surface area contributed by atoms with Gasteiger partial charge in [-0.25, -0.2) is 0 Å². The van der Waals surface area contributed by atoms with Gasteiger partial charge in [0.15, 0.2) is 0 Å². The van der Waals surface area contributed by atoms with Crippen LogP contribution in [0.2, 0.25) is 0 Å². The first-order valence-electron chi connectivity index (χ1n) is 11.1. The van der Waals surface area contributed by atoms with E-state index in [1.54, 1.807) is 0 Å². The van der Waals surface area contributed by atoms with Gasteiger partial charge in [0, 0.05) is 19.3 Å². The number of carbonyl (C=O) groups excluding carboxylic acids is 2. The van der Waals surface area contributed by atoms with E-state index in [0.717, 1.165) is 32.1 Å². The number of rotatable bonds is 8. The fraction of sp³-hybridized carbons (Fsp3) is 0.917. The lowest BCUT2D eigenvalue weighted by Crippen LogP contribution is -2.32. The molecule has 0 aromatic carbocycles. The van der Waals surface area contributed by atoms with E-state index in [9.17, 15) is 9.59 Å². The van der Waals surface area contributed by atoms with Crippen molar-refractivity contribution < 1.29 is 19.1 Å². The minimum absolute atomic E-state index is 0.118. The van der Waals surface area contributed by atoms with E-state index in [2.05, 4.69) is 55.4 Å². The van der Waals surface area contributed by atoms with Crippen LogP contribution in [0.3, 0.4) is 0 Å². The molecule has 0 spiro atoms. The Labute approximate surface area is 173 Å². The fourth-order valence-electron chi connectivity index (χ4n) is 4.59. The Hall–Kier alpha value is -1.06. The van der Waals surface area contributed by atoms with Crippen LogP contribution in [0.15, 0.2) is 0 Å². The molecule has 28 heavy (non-hydrogen) atoms. The molecule has 164 valence electrons. The quantitative estimate of drug-likeness (QED) is 0.451. The van der Waals surface area contributed by atoms with Gasteiger partial charge in [-0.15, -0.1) is 0 Å². The van der Waals surface area contributed by atoms with Gasteiger partial charge in [-0.05, 0) is 54.8 Å². The van der Waals surface area contributed by atoms with E-state index in [0.29, 0.717) is 31.1 Å². The van der Waals surface area contributed by atoms with Crippen molar-refractivity contribution >= 4 is 11.9 Å². The molecule has 4 atom stereocenters. The van der Waals surface area contributed by atoms with Gasteiger partial charge in [0.2, 0.25) is 0 Å². The smallest absolute Gasteiger partial charge is 0.306 e. The first-order valence-corrected chi connectivity index (χ1v) is 11.1. The molecule has 4 nitrogen and oxygen atoms in total. The number of ether oxygens (including phenoxy) is 2. The largest absolute Gasteiger partial charge is 0.462 e. The van der Waals surface area contributed by atoms with E-state index in [-0.39, 0.29) is 35.0 Å². The van der Waals surface area contributed by atoms with Crippen molar-refractivity contribution in [1.82, 2.24) is 0 Å². The maximum atomic E-state index is 12.3. The van der Waals surface area contributed by atoms with Crippen molar-refractivity contribution in [2.75, 3.05) is 0 Å². The second kappa shape index (κ2) is 10.6. The minimum atomic E-state index is -0.118. The molecular formula is C24H44O4. The standard InChI is InChI=1S/C24H44O4/c1-17(15-23(3,4)5)12-21(25)27-19-10-9-11-20(14-19)28-22(26)13-18(2)16-24(6,7)8/h17-20H,9-16H2,1-8H3. The van der Waals surface area contributed by atoms with Gasteiger partial charge in [-0.1, -0.05) is 55.4 Å². The molecule has 1 saturated carbocycles. The highest BCUT2D eigenvalue weighted by Crippen LogP contribution is 2.29. The lowest BCUT2D eigenvalue weighted by molar-refractivity contribution is -0.160. The van der Waals surface area contributed by atoms with Gasteiger partial charge in [0.05, 0.1) is 0 Å². The number of carbonyl (C=O) groups is 2. The molecule has 0 aromatic rings. The highest BCUT2D eigenvalue weighted by molar-refractivity contribution is 5.70. The topological polar surface area (TPSA) is 52.6 Å². The monoisotopic (exact) mass is 396 g/mol. The number of hydrogen-bond acceptors (Lipinski definition) is 4. The van der Waals surface area contributed by atoms with E-state index >= 15 is 0 Å². The Kier molecular flexibility index (Phi) is 9.49. The molecule has 1 fully saturated rings. The first kappa shape index (κ1) is 25.0. The van der Waals surface area contributed by atoms with Gasteiger partial charge in [-0.2, -0.15) is 0 Å². The molecule has 0 aliphatic heterocycles. The van der Waals surface area contributed by atoms with Crippen LogP contribution in [0.1, 0.15) is 107 Å². The van der Waals surface area contributed by atoms with Crippen LogP contribution in [0.5, 0.6) is 0 Å². The average Bonchev–Trinajstić information content (AvgIpc) is 2.42. The normalized spacial score (nSPS) is 23.0. The van der Waals surface area contributed by atoms with Gasteiger partial charge in [0.25, 0.3) is 0 Å². The summed E-state index contributed by atoms with van der Waals surface area (Å²) in [4.78, 5) is 24.6. The summed E-state index contributed by atoms with van der Waals surface area (Å²) in [6.07, 6.45) is 6.00. The highest BCUT2D eigenvalue weighted by Gasteiger charge is 2.29. The zero-order valence-electron chi connectivity index (χ0n) is 19.6. The van der Waals surface area contributed by atoms with Gasteiger partial charge >= 0.3 is 11.9 Å².